The van der Waals surface area contributed by atoms with E-state index in [0.29, 0.717) is 6.42 Å². The highest BCUT2D eigenvalue weighted by Gasteiger charge is 2.54. The molecule has 0 heterocycles. The molecule has 16 nitrogen and oxygen atoms in total. The van der Waals surface area contributed by atoms with Gasteiger partial charge in [-0.25, -0.2) is 13.9 Å². The molecule has 1 aliphatic rings. The zero-order chi connectivity index (χ0) is 43.2. The molecule has 7 N–H and O–H groups in total. The van der Waals surface area contributed by atoms with E-state index in [0.717, 1.165) is 32.1 Å². The van der Waals surface area contributed by atoms with Crippen molar-refractivity contribution in [1.29, 1.82) is 0 Å². The Bertz CT molecular complexity index is 1890. The minimum Gasteiger partial charge on any atom is -0.456 e. The normalized spacial score (nSPS) is 20.5. The van der Waals surface area contributed by atoms with Crippen molar-refractivity contribution in [2.45, 2.75) is 140 Å². The Morgan fingerprint density at radius 2 is 1.07 bits per heavy atom. The second-order valence-corrected chi connectivity index (χ2v) is 15.3. The average molecular weight is 909 g/mol. The summed E-state index contributed by atoms with van der Waals surface area (Å²) in [5.74, 6) is 27.9. The number of carbonyl (C=O) groups is 2. The van der Waals surface area contributed by atoms with Crippen LogP contribution in [0.3, 0.4) is 0 Å². The van der Waals surface area contributed by atoms with Crippen LogP contribution in [-0.4, -0.2) is 103 Å². The number of aliphatic hydroxyl groups excluding tert-OH is 4. The fourth-order valence-electron chi connectivity index (χ4n) is 5.20. The first kappa shape index (κ1) is 55.3. The Morgan fingerprint density at radius 3 is 1.54 bits per heavy atom. The molecular formula is C40H78O16P2S. The lowest BCUT2D eigenvalue weighted by atomic mass is 9.85. The van der Waals surface area contributed by atoms with E-state index in [2.05, 4.69) is 82.5 Å². The summed E-state index contributed by atoms with van der Waals surface area (Å²) in [6.45, 7) is 0.506. The molecule has 350 valence electrons. The maximum atomic E-state index is 12.9. The highest BCUT2D eigenvalue weighted by molar-refractivity contribution is 7.59. The number of aliphatic hydroxyl groups is 4. The van der Waals surface area contributed by atoms with Gasteiger partial charge in [0.2, 0.25) is 0 Å². The average Bonchev–Trinajstić information content (AvgIpc) is 3.17. The van der Waals surface area contributed by atoms with Crippen LogP contribution in [0.25, 0.3) is 0 Å². The van der Waals surface area contributed by atoms with Crippen molar-refractivity contribution in [1.82, 2.24) is 0 Å². The van der Waals surface area contributed by atoms with Gasteiger partial charge in [-0.15, -0.1) is 6.42 Å². The van der Waals surface area contributed by atoms with Gasteiger partial charge in [0, 0.05) is 30.9 Å². The van der Waals surface area contributed by atoms with Gasteiger partial charge in [-0.05, 0) is 77.5 Å². The zero-order valence-corrected chi connectivity index (χ0v) is 35.4. The Morgan fingerprint density at radius 1 is 0.627 bits per heavy atom. The molecule has 1 fully saturated rings. The van der Waals surface area contributed by atoms with Gasteiger partial charge in [-0.2, -0.15) is 13.5 Å². The fraction of sp³-hybridized carbons (Fsp3) is 0.600. The quantitative estimate of drug-likeness (QED) is 0.0213. The third kappa shape index (κ3) is 26.9. The SMILES string of the molecule is C#CC#CC#CC#CC#CC#CC#CC(=O)OC[C@H](COP(=O)(O)OC1C(O)[C@@H](OP(=O)(O)O)C(O)[C@@H](O)[C@H]1O)OC(=O)CCCCCCCCCCCCCCC.S.[HH].[HH].[HH].[HH].[HH].[HH].[HH].[HH].[HH].[HH].[HH].[HH].[HH]. The van der Waals surface area contributed by atoms with Gasteiger partial charge >= 0.3 is 27.6 Å². The van der Waals surface area contributed by atoms with Crippen LogP contribution in [0.15, 0.2) is 0 Å². The molecule has 0 aromatic heterocycles. The largest absolute Gasteiger partial charge is 0.472 e. The molecule has 0 radical (unpaired) electrons. The zero-order valence-electron chi connectivity index (χ0n) is 32.6. The number of carbonyl (C=O) groups excluding carboxylic acids is 2. The lowest BCUT2D eigenvalue weighted by Gasteiger charge is -2.43. The third-order valence-electron chi connectivity index (χ3n) is 8.03. The molecular weight excluding hydrogens is 830 g/mol. The second kappa shape index (κ2) is 32.1. The summed E-state index contributed by atoms with van der Waals surface area (Å²) >= 11 is 0. The number of unbranched alkanes of at least 4 members (excludes halogenated alkanes) is 12. The van der Waals surface area contributed by atoms with E-state index in [4.69, 9.17) is 34.7 Å². The van der Waals surface area contributed by atoms with Crippen LogP contribution in [0.4, 0.5) is 0 Å². The molecule has 19 heteroatoms. The molecule has 0 bridgehead atoms. The molecule has 0 amide bonds. The van der Waals surface area contributed by atoms with E-state index in [1.165, 1.54) is 44.9 Å². The topological polar surface area (TPSA) is 256 Å². The van der Waals surface area contributed by atoms with Crippen molar-refractivity contribution in [3.8, 4) is 83.4 Å². The Labute approximate surface area is 372 Å². The molecule has 1 rings (SSSR count). The van der Waals surface area contributed by atoms with Crippen molar-refractivity contribution in [2.24, 2.45) is 0 Å². The third-order valence-corrected chi connectivity index (χ3v) is 9.53. The van der Waals surface area contributed by atoms with Gasteiger partial charge in [-0.3, -0.25) is 18.4 Å². The molecule has 0 saturated heterocycles. The maximum Gasteiger partial charge on any atom is 0.472 e. The molecule has 1 aliphatic carbocycles. The standard InChI is InChI=1S/C40H50O16P2.H2S.13H2/c1-3-5-7-9-11-13-15-17-19-21-23-25-27-29-34(42)54-32(30-52-33(41)28-26-24-22-20-18-16-14-12-10-8-6-4-2)31-53-58(50,51)56-40-37(45)35(43)36(44)39(38(40)46)55-57(47,48)49;;;;;;;;;;;;;;/h2,32,35-40,43-46H,3,5,7,9,11,13,15,17,19,21,23,25,27,29-31H2,1H3,(H,50,51)(H2,47,48,49);1H2;13*1H/t32-,35-,36?,37-,38?,39+,40?;;;;;;;;;;;;;;/m1............../s1. The second-order valence-electron chi connectivity index (χ2n) is 12.7. The van der Waals surface area contributed by atoms with Crippen molar-refractivity contribution in [3.05, 3.63) is 0 Å². The summed E-state index contributed by atoms with van der Waals surface area (Å²) in [5.41, 5.74) is 0. The van der Waals surface area contributed by atoms with Gasteiger partial charge in [0.1, 0.15) is 43.2 Å². The number of phosphoric acid groups is 2. The lowest BCUT2D eigenvalue weighted by molar-refractivity contribution is -0.216. The van der Waals surface area contributed by atoms with Gasteiger partial charge in [0.25, 0.3) is 0 Å². The molecule has 8 atom stereocenters. The predicted molar refractivity (Wildman–Crippen MR) is 246 cm³/mol. The van der Waals surface area contributed by atoms with Crippen molar-refractivity contribution in [2.75, 3.05) is 13.2 Å². The number of hydrogen-bond donors (Lipinski definition) is 7. The van der Waals surface area contributed by atoms with Crippen LogP contribution in [-0.2, 0) is 41.8 Å². The number of hydrogen-bond acceptors (Lipinski definition) is 13. The molecule has 0 aromatic rings. The summed E-state index contributed by atoms with van der Waals surface area (Å²) in [4.78, 5) is 53.5. The van der Waals surface area contributed by atoms with Crippen LogP contribution in [0.1, 0.15) is 115 Å². The molecule has 0 aromatic carbocycles. The molecule has 59 heavy (non-hydrogen) atoms. The van der Waals surface area contributed by atoms with Gasteiger partial charge < -0.3 is 44.6 Å². The van der Waals surface area contributed by atoms with Crippen LogP contribution < -0.4 is 0 Å². The summed E-state index contributed by atoms with van der Waals surface area (Å²) in [6.07, 6.45) is 3.80. The summed E-state index contributed by atoms with van der Waals surface area (Å²) in [7, 11) is -10.8. The van der Waals surface area contributed by atoms with Crippen molar-refractivity contribution in [3.63, 3.8) is 0 Å². The maximum absolute atomic E-state index is 12.9. The molecule has 0 aliphatic heterocycles. The first-order chi connectivity index (χ1) is 27.6. The minimum atomic E-state index is -5.39. The summed E-state index contributed by atoms with van der Waals surface area (Å²) in [6, 6.07) is 0. The number of phosphoric ester groups is 2. The number of esters is 2. The number of rotatable bonds is 24. The monoisotopic (exact) mass is 908 g/mol. The van der Waals surface area contributed by atoms with Crippen LogP contribution in [0.5, 0.6) is 0 Å². The van der Waals surface area contributed by atoms with E-state index < -0.39 is 83.5 Å². The van der Waals surface area contributed by atoms with Crippen molar-refractivity contribution >= 4 is 41.1 Å². The first-order valence-electron chi connectivity index (χ1n) is 18.6. The van der Waals surface area contributed by atoms with Crippen LogP contribution in [0.2, 0.25) is 0 Å². The van der Waals surface area contributed by atoms with Gasteiger partial charge in [0.05, 0.1) is 6.61 Å². The van der Waals surface area contributed by atoms with E-state index in [9.17, 15) is 44.0 Å². The number of terminal acetylenes is 1. The van der Waals surface area contributed by atoms with E-state index in [-0.39, 0.29) is 38.5 Å². The Hall–Kier alpha value is -3.73. The molecule has 4 unspecified atom stereocenters. The minimum absolute atomic E-state index is 0. The van der Waals surface area contributed by atoms with Crippen LogP contribution in [0, 0.1) is 83.4 Å². The highest BCUT2D eigenvalue weighted by Crippen LogP contribution is 2.49. The van der Waals surface area contributed by atoms with Crippen molar-refractivity contribution < 1.29 is 95.4 Å². The Balaban J connectivity index is -0.000000200. The first-order valence-corrected chi connectivity index (χ1v) is 21.6. The Kier molecular flexibility index (Phi) is 30.1. The molecule has 0 spiro atoms. The fourth-order valence-corrected chi connectivity index (χ4v) is 6.74. The van der Waals surface area contributed by atoms with Gasteiger partial charge in [0.15, 0.2) is 6.10 Å². The van der Waals surface area contributed by atoms with E-state index >= 15 is 0 Å². The highest BCUT2D eigenvalue weighted by atomic mass is 32.1. The summed E-state index contributed by atoms with van der Waals surface area (Å²) < 4.78 is 48.4. The smallest absolute Gasteiger partial charge is 0.456 e. The number of ether oxygens (including phenoxy) is 2. The predicted octanol–water partition coefficient (Wildman–Crippen LogP) is 5.32. The van der Waals surface area contributed by atoms with Crippen LogP contribution >= 0.6 is 29.1 Å². The lowest BCUT2D eigenvalue weighted by Crippen LogP contribution is -2.64. The molecule has 1 saturated carbocycles. The van der Waals surface area contributed by atoms with E-state index in [1.807, 2.05) is 5.92 Å². The van der Waals surface area contributed by atoms with Gasteiger partial charge in [-0.1, -0.05) is 84.0 Å². The summed E-state index contributed by atoms with van der Waals surface area (Å²) in [5, 5.41) is 40.9. The van der Waals surface area contributed by atoms with E-state index in [1.54, 1.807) is 0 Å².